The molecule has 0 aromatic carbocycles. The first-order valence-electron chi connectivity index (χ1n) is 8.29. The van der Waals surface area contributed by atoms with Crippen LogP contribution in [0.3, 0.4) is 0 Å². The van der Waals surface area contributed by atoms with Gasteiger partial charge in [-0.2, -0.15) is 13.2 Å². The average Bonchev–Trinajstić information content (AvgIpc) is 3.00. The average molecular weight is 346 g/mol. The lowest BCUT2D eigenvalue weighted by molar-refractivity contribution is -0.183. The Balaban J connectivity index is 1.85. The zero-order valence-corrected chi connectivity index (χ0v) is 14.3. The first-order valence-corrected chi connectivity index (χ1v) is 8.29. The summed E-state index contributed by atoms with van der Waals surface area (Å²) in [5, 5.41) is 10.1. The number of nitrogens with one attached hydrogen (secondary N) is 2. The molecule has 0 radical (unpaired) electrons. The van der Waals surface area contributed by atoms with Crippen molar-refractivity contribution < 1.29 is 17.7 Å². The third-order valence-electron chi connectivity index (χ3n) is 4.30. The van der Waals surface area contributed by atoms with Crippen LogP contribution in [0.1, 0.15) is 56.9 Å². The molecule has 2 rings (SSSR count). The van der Waals surface area contributed by atoms with E-state index in [0.29, 0.717) is 31.1 Å². The van der Waals surface area contributed by atoms with Crippen molar-refractivity contribution in [1.82, 2.24) is 15.8 Å². The van der Waals surface area contributed by atoms with Crippen molar-refractivity contribution in [2.75, 3.05) is 7.05 Å². The summed E-state index contributed by atoms with van der Waals surface area (Å²) in [5.74, 6) is 0.190. The molecular formula is C16H25F3N4O. The molecule has 0 bridgehead atoms. The highest BCUT2D eigenvalue weighted by Gasteiger charge is 2.42. The molecule has 2 atom stereocenters. The molecule has 136 valence electrons. The second-order valence-electron chi connectivity index (χ2n) is 6.54. The predicted octanol–water partition coefficient (Wildman–Crippen LogP) is 3.58. The van der Waals surface area contributed by atoms with Crippen molar-refractivity contribution in [2.24, 2.45) is 10.9 Å². The Kier molecular flexibility index (Phi) is 6.12. The molecule has 24 heavy (non-hydrogen) atoms. The molecule has 1 aromatic heterocycles. The fourth-order valence-electron chi connectivity index (χ4n) is 2.86. The number of halogens is 3. The topological polar surface area (TPSA) is 62.5 Å². The van der Waals surface area contributed by atoms with Gasteiger partial charge >= 0.3 is 6.18 Å². The zero-order chi connectivity index (χ0) is 17.7. The van der Waals surface area contributed by atoms with Crippen molar-refractivity contribution in [3.8, 4) is 0 Å². The predicted molar refractivity (Wildman–Crippen MR) is 85.7 cm³/mol. The first-order chi connectivity index (χ1) is 11.3. The van der Waals surface area contributed by atoms with Crippen LogP contribution in [-0.4, -0.2) is 30.4 Å². The maximum Gasteiger partial charge on any atom is 0.391 e. The molecule has 5 nitrogen and oxygen atoms in total. The smallest absolute Gasteiger partial charge is 0.359 e. The Labute approximate surface area is 140 Å². The number of rotatable bonds is 4. The van der Waals surface area contributed by atoms with Crippen LogP contribution in [0.2, 0.25) is 0 Å². The van der Waals surface area contributed by atoms with Gasteiger partial charge in [0, 0.05) is 19.2 Å². The Morgan fingerprint density at radius 2 is 2.17 bits per heavy atom. The SMILES string of the molecule is CN=C(NCc1cc(C(C)C)no1)NC1CCCC(C(F)(F)F)C1. The van der Waals surface area contributed by atoms with Crippen molar-refractivity contribution in [2.45, 2.75) is 64.2 Å². The maximum absolute atomic E-state index is 12.9. The Bertz CT molecular complexity index is 554. The van der Waals surface area contributed by atoms with E-state index in [9.17, 15) is 13.2 Å². The third kappa shape index (κ3) is 5.14. The summed E-state index contributed by atoms with van der Waals surface area (Å²) in [6.45, 7) is 4.43. The lowest BCUT2D eigenvalue weighted by atomic mass is 9.85. The number of alkyl halides is 3. The summed E-state index contributed by atoms with van der Waals surface area (Å²) >= 11 is 0. The van der Waals surface area contributed by atoms with Crippen LogP contribution in [0.25, 0.3) is 0 Å². The Morgan fingerprint density at radius 1 is 1.42 bits per heavy atom. The van der Waals surface area contributed by atoms with Gasteiger partial charge in [0.15, 0.2) is 11.7 Å². The monoisotopic (exact) mass is 346 g/mol. The minimum atomic E-state index is -4.12. The molecule has 1 saturated carbocycles. The molecule has 0 aliphatic heterocycles. The third-order valence-corrected chi connectivity index (χ3v) is 4.30. The summed E-state index contributed by atoms with van der Waals surface area (Å²) < 4.78 is 43.9. The molecule has 0 saturated heterocycles. The summed E-state index contributed by atoms with van der Waals surface area (Å²) in [5.41, 5.74) is 0.870. The summed E-state index contributed by atoms with van der Waals surface area (Å²) in [6, 6.07) is 1.64. The highest BCUT2D eigenvalue weighted by molar-refractivity contribution is 5.79. The molecule has 2 N–H and O–H groups in total. The summed E-state index contributed by atoms with van der Waals surface area (Å²) in [6.07, 6.45) is -2.54. The van der Waals surface area contributed by atoms with E-state index in [2.05, 4.69) is 20.8 Å². The number of aromatic nitrogens is 1. The molecule has 1 heterocycles. The molecule has 1 aromatic rings. The maximum atomic E-state index is 12.9. The number of hydrogen-bond donors (Lipinski definition) is 2. The van der Waals surface area contributed by atoms with Gasteiger partial charge in [0.1, 0.15) is 0 Å². The second-order valence-corrected chi connectivity index (χ2v) is 6.54. The summed E-state index contributed by atoms with van der Waals surface area (Å²) in [7, 11) is 1.60. The Morgan fingerprint density at radius 3 is 2.75 bits per heavy atom. The van der Waals surface area contributed by atoms with E-state index in [-0.39, 0.29) is 24.8 Å². The fraction of sp³-hybridized carbons (Fsp3) is 0.750. The number of nitrogens with zero attached hydrogens (tertiary/aromatic N) is 2. The lowest BCUT2D eigenvalue weighted by Gasteiger charge is -2.31. The molecule has 8 heteroatoms. The minimum Gasteiger partial charge on any atom is -0.359 e. The quantitative estimate of drug-likeness (QED) is 0.646. The molecule has 1 fully saturated rings. The van der Waals surface area contributed by atoms with Crippen molar-refractivity contribution in [3.05, 3.63) is 17.5 Å². The minimum absolute atomic E-state index is 0.0873. The van der Waals surface area contributed by atoms with Crippen LogP contribution in [0.4, 0.5) is 13.2 Å². The van der Waals surface area contributed by atoms with Crippen molar-refractivity contribution >= 4 is 5.96 Å². The van der Waals surface area contributed by atoms with Crippen LogP contribution >= 0.6 is 0 Å². The van der Waals surface area contributed by atoms with Gasteiger partial charge in [0.25, 0.3) is 0 Å². The van der Waals surface area contributed by atoms with Gasteiger partial charge in [0.05, 0.1) is 18.2 Å². The molecule has 2 unspecified atom stereocenters. The molecular weight excluding hydrogens is 321 g/mol. The molecule has 1 aliphatic rings. The van der Waals surface area contributed by atoms with E-state index in [0.717, 1.165) is 5.69 Å². The normalized spacial score (nSPS) is 22.7. The summed E-state index contributed by atoms with van der Waals surface area (Å²) in [4.78, 5) is 4.08. The van der Waals surface area contributed by atoms with E-state index in [4.69, 9.17) is 4.52 Å². The van der Waals surface area contributed by atoms with E-state index in [1.165, 1.54) is 0 Å². The van der Waals surface area contributed by atoms with E-state index in [1.807, 2.05) is 19.9 Å². The number of guanidine groups is 1. The highest BCUT2D eigenvalue weighted by Crippen LogP contribution is 2.37. The van der Waals surface area contributed by atoms with E-state index >= 15 is 0 Å². The zero-order valence-electron chi connectivity index (χ0n) is 14.3. The Hall–Kier alpha value is -1.73. The molecule has 0 spiro atoms. The van der Waals surface area contributed by atoms with E-state index in [1.54, 1.807) is 7.05 Å². The largest absolute Gasteiger partial charge is 0.391 e. The van der Waals surface area contributed by atoms with E-state index < -0.39 is 12.1 Å². The van der Waals surface area contributed by atoms with Crippen molar-refractivity contribution in [3.63, 3.8) is 0 Å². The second kappa shape index (κ2) is 7.90. The molecule has 0 amide bonds. The van der Waals surface area contributed by atoms with Gasteiger partial charge in [-0.25, -0.2) is 0 Å². The number of hydrogen-bond acceptors (Lipinski definition) is 3. The lowest BCUT2D eigenvalue weighted by Crippen LogP contribution is -2.46. The first kappa shape index (κ1) is 18.6. The van der Waals surface area contributed by atoms with Crippen LogP contribution < -0.4 is 10.6 Å². The van der Waals surface area contributed by atoms with Crippen LogP contribution in [0.15, 0.2) is 15.6 Å². The molecule has 1 aliphatic carbocycles. The highest BCUT2D eigenvalue weighted by atomic mass is 19.4. The van der Waals surface area contributed by atoms with Crippen LogP contribution in [0.5, 0.6) is 0 Å². The standard InChI is InChI=1S/C16H25F3N4O/c1-10(2)14-8-13(24-23-14)9-21-15(20-3)22-12-6-4-5-11(7-12)16(17,18)19/h8,10-12H,4-7,9H2,1-3H3,(H2,20,21,22). The van der Waals surface area contributed by atoms with Gasteiger partial charge in [-0.1, -0.05) is 25.4 Å². The van der Waals surface area contributed by atoms with Gasteiger partial charge in [-0.05, 0) is 25.2 Å². The van der Waals surface area contributed by atoms with Gasteiger partial charge in [0.2, 0.25) is 0 Å². The number of aliphatic imine (C=N–C) groups is 1. The van der Waals surface area contributed by atoms with Gasteiger partial charge in [-0.15, -0.1) is 0 Å². The van der Waals surface area contributed by atoms with Crippen LogP contribution in [-0.2, 0) is 6.54 Å². The van der Waals surface area contributed by atoms with Gasteiger partial charge in [-0.3, -0.25) is 4.99 Å². The van der Waals surface area contributed by atoms with Gasteiger partial charge < -0.3 is 15.2 Å². The van der Waals surface area contributed by atoms with Crippen LogP contribution in [0, 0.1) is 5.92 Å². The fourth-order valence-corrected chi connectivity index (χ4v) is 2.86. The van der Waals surface area contributed by atoms with Crippen molar-refractivity contribution in [1.29, 1.82) is 0 Å².